The van der Waals surface area contributed by atoms with Crippen LogP contribution in [-0.4, -0.2) is 18.2 Å². The molecule has 1 N–H and O–H groups in total. The minimum atomic E-state index is -0.0159. The van der Waals surface area contributed by atoms with Crippen molar-refractivity contribution in [2.45, 2.75) is 60.3 Å². The molecule has 0 aliphatic rings. The third kappa shape index (κ3) is 11.4. The topological polar surface area (TPSA) is 46.2 Å². The number of carbonyl (C=O) groups is 2. The molecule has 3 nitrogen and oxygen atoms in total. The highest BCUT2D eigenvalue weighted by molar-refractivity contribution is 5.85. The fourth-order valence-corrected chi connectivity index (χ4v) is 1.31. The van der Waals surface area contributed by atoms with Crippen molar-refractivity contribution < 1.29 is 9.59 Å². The van der Waals surface area contributed by atoms with Crippen molar-refractivity contribution in [1.29, 1.82) is 0 Å². The van der Waals surface area contributed by atoms with Crippen LogP contribution in [0.1, 0.15) is 60.3 Å². The Bertz CT molecular complexity index is 251. The normalized spacial score (nSPS) is 11.6. The van der Waals surface area contributed by atoms with Gasteiger partial charge in [-0.1, -0.05) is 34.6 Å². The fourth-order valence-electron chi connectivity index (χ4n) is 1.31. The second kappa shape index (κ2) is 7.46. The number of carbonyl (C=O) groups excluding carboxylic acids is 2. The number of Topliss-reactive ketones (excluding diaryl/α,β-unsaturated/α-hetero) is 1. The van der Waals surface area contributed by atoms with Gasteiger partial charge in [-0.05, 0) is 24.2 Å². The second-order valence-corrected chi connectivity index (χ2v) is 6.31. The van der Waals surface area contributed by atoms with Gasteiger partial charge in [-0.3, -0.25) is 9.59 Å². The zero-order chi connectivity index (χ0) is 13.5. The zero-order valence-corrected chi connectivity index (χ0v) is 11.9. The predicted molar refractivity (Wildman–Crippen MR) is 70.8 cm³/mol. The Kier molecular flexibility index (Phi) is 7.09. The van der Waals surface area contributed by atoms with Crippen molar-refractivity contribution in [2.75, 3.05) is 6.54 Å². The molecule has 0 fully saturated rings. The maximum atomic E-state index is 11.5. The van der Waals surface area contributed by atoms with Gasteiger partial charge in [-0.25, -0.2) is 0 Å². The van der Waals surface area contributed by atoms with Crippen LogP contribution in [0.15, 0.2) is 0 Å². The summed E-state index contributed by atoms with van der Waals surface area (Å²) in [6.45, 7) is 10.7. The summed E-state index contributed by atoms with van der Waals surface area (Å²) in [6.07, 6.45) is 2.81. The van der Waals surface area contributed by atoms with Gasteiger partial charge in [0.25, 0.3) is 0 Å². The van der Waals surface area contributed by atoms with Crippen LogP contribution in [0, 0.1) is 11.3 Å². The molecule has 0 aromatic heterocycles. The Morgan fingerprint density at radius 2 is 1.71 bits per heavy atom. The van der Waals surface area contributed by atoms with Gasteiger partial charge in [0.15, 0.2) is 5.78 Å². The van der Waals surface area contributed by atoms with E-state index < -0.39 is 0 Å². The molecule has 0 aromatic rings. The lowest BCUT2D eigenvalue weighted by atomic mass is 9.90. The lowest BCUT2D eigenvalue weighted by Crippen LogP contribution is -2.30. The summed E-state index contributed by atoms with van der Waals surface area (Å²) in [7, 11) is 0. The van der Waals surface area contributed by atoms with Crippen LogP contribution in [0.4, 0.5) is 0 Å². The molecule has 0 atom stereocenters. The molecule has 0 rings (SSSR count). The largest absolute Gasteiger partial charge is 0.349 e. The molecular weight excluding hydrogens is 214 g/mol. The Hall–Kier alpha value is -0.860. The molecule has 0 radical (unpaired) electrons. The lowest BCUT2D eigenvalue weighted by molar-refractivity contribution is -0.125. The molecule has 0 aliphatic carbocycles. The molecule has 0 aromatic carbocycles. The van der Waals surface area contributed by atoms with E-state index in [9.17, 15) is 9.59 Å². The van der Waals surface area contributed by atoms with Crippen LogP contribution in [0.5, 0.6) is 0 Å². The number of nitrogens with one attached hydrogen (secondary N) is 1. The van der Waals surface area contributed by atoms with E-state index >= 15 is 0 Å². The van der Waals surface area contributed by atoms with E-state index in [0.29, 0.717) is 18.8 Å². The van der Waals surface area contributed by atoms with Crippen LogP contribution in [0.3, 0.4) is 0 Å². The molecular formula is C14H27NO2. The van der Waals surface area contributed by atoms with Gasteiger partial charge in [-0.15, -0.1) is 0 Å². The van der Waals surface area contributed by atoms with Crippen LogP contribution in [-0.2, 0) is 9.59 Å². The fraction of sp³-hybridized carbons (Fsp3) is 0.857. The molecule has 0 unspecified atom stereocenters. The average Bonchev–Trinajstić information content (AvgIpc) is 2.19. The van der Waals surface area contributed by atoms with E-state index in [2.05, 4.69) is 39.9 Å². The molecule has 0 spiro atoms. The quantitative estimate of drug-likeness (QED) is 0.745. The first-order chi connectivity index (χ1) is 7.70. The van der Waals surface area contributed by atoms with Crippen molar-refractivity contribution in [1.82, 2.24) is 5.32 Å². The zero-order valence-electron chi connectivity index (χ0n) is 11.9. The minimum absolute atomic E-state index is 0.0159. The number of hydrogen-bond donors (Lipinski definition) is 1. The smallest absolute Gasteiger partial charge is 0.220 e. The first kappa shape index (κ1) is 16.1. The monoisotopic (exact) mass is 241 g/mol. The van der Waals surface area contributed by atoms with Crippen molar-refractivity contribution in [3.8, 4) is 0 Å². The third-order valence-corrected chi connectivity index (χ3v) is 2.59. The summed E-state index contributed by atoms with van der Waals surface area (Å²) in [6, 6.07) is 0. The molecule has 0 aliphatic heterocycles. The van der Waals surface area contributed by atoms with E-state index in [-0.39, 0.29) is 23.7 Å². The Morgan fingerprint density at radius 1 is 1.12 bits per heavy atom. The summed E-state index contributed by atoms with van der Waals surface area (Å²) in [5.74, 6) is 0.649. The first-order valence-corrected chi connectivity index (χ1v) is 6.49. The van der Waals surface area contributed by atoms with E-state index in [1.807, 2.05) is 0 Å². The lowest BCUT2D eigenvalue weighted by Gasteiger charge is -2.17. The third-order valence-electron chi connectivity index (χ3n) is 2.59. The highest BCUT2D eigenvalue weighted by Crippen LogP contribution is 2.20. The molecule has 0 bridgehead atoms. The Balaban J connectivity index is 3.66. The number of rotatable bonds is 7. The summed E-state index contributed by atoms with van der Waals surface area (Å²) in [5.41, 5.74) is 0.166. The average molecular weight is 241 g/mol. The van der Waals surface area contributed by atoms with Crippen molar-refractivity contribution in [2.24, 2.45) is 11.3 Å². The maximum absolute atomic E-state index is 11.5. The first-order valence-electron chi connectivity index (χ1n) is 6.49. The van der Waals surface area contributed by atoms with Gasteiger partial charge >= 0.3 is 0 Å². The van der Waals surface area contributed by atoms with Crippen LogP contribution < -0.4 is 5.32 Å². The van der Waals surface area contributed by atoms with Gasteiger partial charge < -0.3 is 5.32 Å². The molecule has 0 saturated heterocycles. The van der Waals surface area contributed by atoms with Crippen molar-refractivity contribution >= 4 is 11.7 Å². The summed E-state index contributed by atoms with van der Waals surface area (Å²) in [4.78, 5) is 22.9. The van der Waals surface area contributed by atoms with Gasteiger partial charge in [0.1, 0.15) is 0 Å². The molecule has 3 heteroatoms. The second-order valence-electron chi connectivity index (χ2n) is 6.31. The summed E-state index contributed by atoms with van der Waals surface area (Å²) < 4.78 is 0. The number of ketones is 1. The van der Waals surface area contributed by atoms with Gasteiger partial charge in [0, 0.05) is 12.8 Å². The predicted octanol–water partition coefficient (Wildman–Crippen LogP) is 2.93. The standard InChI is InChI=1S/C14H27NO2/c1-11(2)6-7-12(16)10-15-13(17)8-9-14(3,4)5/h11H,6-10H2,1-5H3,(H,15,17). The number of amides is 1. The van der Waals surface area contributed by atoms with Crippen LogP contribution >= 0.6 is 0 Å². The van der Waals surface area contributed by atoms with Crippen LogP contribution in [0.25, 0.3) is 0 Å². The van der Waals surface area contributed by atoms with Crippen molar-refractivity contribution in [3.63, 3.8) is 0 Å². The molecule has 0 heterocycles. The summed E-state index contributed by atoms with van der Waals surface area (Å²) >= 11 is 0. The van der Waals surface area contributed by atoms with Crippen molar-refractivity contribution in [3.05, 3.63) is 0 Å². The molecule has 100 valence electrons. The summed E-state index contributed by atoms with van der Waals surface area (Å²) in [5, 5.41) is 2.69. The minimum Gasteiger partial charge on any atom is -0.349 e. The molecule has 17 heavy (non-hydrogen) atoms. The van der Waals surface area contributed by atoms with Gasteiger partial charge in [-0.2, -0.15) is 0 Å². The van der Waals surface area contributed by atoms with Gasteiger partial charge in [0.05, 0.1) is 6.54 Å². The Labute approximate surface area is 105 Å². The highest BCUT2D eigenvalue weighted by Gasteiger charge is 2.13. The molecule has 1 amide bonds. The Morgan fingerprint density at radius 3 is 2.18 bits per heavy atom. The van der Waals surface area contributed by atoms with E-state index in [0.717, 1.165) is 12.8 Å². The number of hydrogen-bond acceptors (Lipinski definition) is 2. The SMILES string of the molecule is CC(C)CCC(=O)CNC(=O)CCC(C)(C)C. The van der Waals surface area contributed by atoms with E-state index in [4.69, 9.17) is 0 Å². The highest BCUT2D eigenvalue weighted by atomic mass is 16.2. The van der Waals surface area contributed by atoms with Gasteiger partial charge in [0.2, 0.25) is 5.91 Å². The van der Waals surface area contributed by atoms with E-state index in [1.165, 1.54) is 0 Å². The molecule has 0 saturated carbocycles. The maximum Gasteiger partial charge on any atom is 0.220 e. The van der Waals surface area contributed by atoms with Crippen LogP contribution in [0.2, 0.25) is 0 Å². The van der Waals surface area contributed by atoms with E-state index in [1.54, 1.807) is 0 Å².